The van der Waals surface area contributed by atoms with Crippen LogP contribution in [0, 0.1) is 0 Å². The SMILES string of the molecule is C[C@H]1C[NH+]([C@@H](c2ccccc2)c2sc3ncnn3c2O)C[C@H](C)O1. The molecule has 1 saturated heterocycles. The second-order valence-corrected chi connectivity index (χ2v) is 7.42. The third kappa shape index (κ3) is 2.68. The van der Waals surface area contributed by atoms with Gasteiger partial charge in [0.1, 0.15) is 36.5 Å². The van der Waals surface area contributed by atoms with Gasteiger partial charge in [-0.1, -0.05) is 41.7 Å². The molecule has 7 heteroatoms. The number of hydrogen-bond donors (Lipinski definition) is 2. The number of rotatable bonds is 3. The quantitative estimate of drug-likeness (QED) is 0.751. The van der Waals surface area contributed by atoms with Crippen LogP contribution < -0.4 is 4.90 Å². The molecular weight excluding hydrogens is 324 g/mol. The summed E-state index contributed by atoms with van der Waals surface area (Å²) < 4.78 is 7.42. The van der Waals surface area contributed by atoms with E-state index >= 15 is 0 Å². The van der Waals surface area contributed by atoms with Gasteiger partial charge in [0.2, 0.25) is 10.8 Å². The van der Waals surface area contributed by atoms with Gasteiger partial charge in [-0.15, -0.1) is 0 Å². The zero-order valence-corrected chi connectivity index (χ0v) is 14.5. The summed E-state index contributed by atoms with van der Waals surface area (Å²) in [6.07, 6.45) is 1.86. The fraction of sp³-hybridized carbons (Fsp3) is 0.412. The summed E-state index contributed by atoms with van der Waals surface area (Å²) in [5.74, 6) is 0.195. The molecular formula is C17H21N4O2S+. The predicted molar refractivity (Wildman–Crippen MR) is 91.5 cm³/mol. The van der Waals surface area contributed by atoms with Crippen LogP contribution in [0.15, 0.2) is 36.7 Å². The summed E-state index contributed by atoms with van der Waals surface area (Å²) in [5.41, 5.74) is 1.19. The molecule has 1 aromatic carbocycles. The second-order valence-electron chi connectivity index (χ2n) is 6.41. The highest BCUT2D eigenvalue weighted by molar-refractivity contribution is 7.17. The summed E-state index contributed by atoms with van der Waals surface area (Å²) in [4.78, 5) is 7.25. The molecule has 1 fully saturated rings. The lowest BCUT2D eigenvalue weighted by atomic mass is 10.0. The highest BCUT2D eigenvalue weighted by Gasteiger charge is 2.37. The lowest BCUT2D eigenvalue weighted by Gasteiger charge is -2.37. The fourth-order valence-electron chi connectivity index (χ4n) is 3.65. The Kier molecular flexibility index (Phi) is 3.99. The number of nitrogens with one attached hydrogen (secondary N) is 1. The van der Waals surface area contributed by atoms with Crippen molar-refractivity contribution in [2.24, 2.45) is 0 Å². The van der Waals surface area contributed by atoms with Crippen LogP contribution in [0.25, 0.3) is 4.96 Å². The van der Waals surface area contributed by atoms with Gasteiger partial charge < -0.3 is 14.7 Å². The molecule has 4 rings (SSSR count). The van der Waals surface area contributed by atoms with Crippen LogP contribution in [0.3, 0.4) is 0 Å². The molecule has 1 aliphatic heterocycles. The van der Waals surface area contributed by atoms with Crippen LogP contribution in [0.5, 0.6) is 5.88 Å². The molecule has 0 spiro atoms. The van der Waals surface area contributed by atoms with Crippen molar-refractivity contribution in [2.45, 2.75) is 32.1 Å². The summed E-state index contributed by atoms with van der Waals surface area (Å²) in [6.45, 7) is 6.02. The van der Waals surface area contributed by atoms with Crippen molar-refractivity contribution >= 4 is 16.3 Å². The molecule has 1 aliphatic rings. The van der Waals surface area contributed by atoms with E-state index in [0.29, 0.717) is 0 Å². The van der Waals surface area contributed by atoms with E-state index in [4.69, 9.17) is 4.74 Å². The topological polar surface area (TPSA) is 64.1 Å². The minimum atomic E-state index is 0.0495. The number of nitrogens with zero attached hydrogens (tertiary/aromatic N) is 3. The maximum atomic E-state index is 10.7. The molecule has 3 aromatic rings. The molecule has 3 atom stereocenters. The highest BCUT2D eigenvalue weighted by Crippen LogP contribution is 2.34. The largest absolute Gasteiger partial charge is 0.492 e. The van der Waals surface area contributed by atoms with Crippen LogP contribution >= 0.6 is 11.3 Å². The van der Waals surface area contributed by atoms with Gasteiger partial charge in [0.15, 0.2) is 6.04 Å². The van der Waals surface area contributed by atoms with E-state index in [-0.39, 0.29) is 24.1 Å². The number of fused-ring (bicyclic) bond motifs is 1. The van der Waals surface area contributed by atoms with Crippen molar-refractivity contribution in [2.75, 3.05) is 13.1 Å². The number of quaternary nitrogens is 1. The molecule has 0 aliphatic carbocycles. The minimum absolute atomic E-state index is 0.0495. The smallest absolute Gasteiger partial charge is 0.235 e. The predicted octanol–water partition coefficient (Wildman–Crippen LogP) is 1.28. The molecule has 24 heavy (non-hydrogen) atoms. The average molecular weight is 345 g/mol. The zero-order chi connectivity index (χ0) is 16.7. The molecule has 126 valence electrons. The van der Waals surface area contributed by atoms with Crippen molar-refractivity contribution in [3.8, 4) is 5.88 Å². The number of hydrogen-bond acceptors (Lipinski definition) is 5. The van der Waals surface area contributed by atoms with Gasteiger partial charge in [-0.2, -0.15) is 9.61 Å². The van der Waals surface area contributed by atoms with Crippen molar-refractivity contribution in [1.82, 2.24) is 14.6 Å². The van der Waals surface area contributed by atoms with Gasteiger partial charge in [-0.3, -0.25) is 0 Å². The summed E-state index contributed by atoms with van der Waals surface area (Å²) in [5, 5.41) is 14.8. The number of thiazole rings is 1. The Morgan fingerprint density at radius 3 is 2.62 bits per heavy atom. The van der Waals surface area contributed by atoms with Crippen molar-refractivity contribution in [3.05, 3.63) is 47.1 Å². The van der Waals surface area contributed by atoms with E-state index in [2.05, 4.69) is 36.1 Å². The first-order valence-electron chi connectivity index (χ1n) is 8.20. The van der Waals surface area contributed by atoms with Gasteiger partial charge in [-0.05, 0) is 13.8 Å². The van der Waals surface area contributed by atoms with E-state index < -0.39 is 0 Å². The summed E-state index contributed by atoms with van der Waals surface area (Å²) in [7, 11) is 0. The fourth-order valence-corrected chi connectivity index (χ4v) is 4.77. The Morgan fingerprint density at radius 1 is 1.25 bits per heavy atom. The maximum Gasteiger partial charge on any atom is 0.235 e. The molecule has 0 bridgehead atoms. The minimum Gasteiger partial charge on any atom is -0.492 e. The molecule has 6 nitrogen and oxygen atoms in total. The number of aromatic hydroxyl groups is 1. The summed E-state index contributed by atoms with van der Waals surface area (Å²) >= 11 is 1.51. The molecule has 2 aromatic heterocycles. The van der Waals surface area contributed by atoms with E-state index in [9.17, 15) is 5.11 Å². The number of benzene rings is 1. The van der Waals surface area contributed by atoms with Crippen molar-refractivity contribution in [1.29, 1.82) is 0 Å². The molecule has 3 heterocycles. The zero-order valence-electron chi connectivity index (χ0n) is 13.7. The van der Waals surface area contributed by atoms with Gasteiger partial charge in [0.25, 0.3) is 0 Å². The third-order valence-corrected chi connectivity index (χ3v) is 5.61. The first kappa shape index (κ1) is 15.6. The summed E-state index contributed by atoms with van der Waals surface area (Å²) in [6, 6.07) is 10.4. The van der Waals surface area contributed by atoms with Crippen LogP contribution in [0.2, 0.25) is 0 Å². The van der Waals surface area contributed by atoms with Gasteiger partial charge in [0, 0.05) is 5.56 Å². The van der Waals surface area contributed by atoms with Crippen LogP contribution in [-0.4, -0.2) is 45.0 Å². The number of morpholine rings is 1. The lowest BCUT2D eigenvalue weighted by Crippen LogP contribution is -3.15. The van der Waals surface area contributed by atoms with Crippen LogP contribution in [0.1, 0.15) is 30.3 Å². The molecule has 2 N–H and O–H groups in total. The van der Waals surface area contributed by atoms with Crippen LogP contribution in [-0.2, 0) is 4.74 Å². The monoisotopic (exact) mass is 345 g/mol. The lowest BCUT2D eigenvalue weighted by molar-refractivity contribution is -0.939. The first-order valence-corrected chi connectivity index (χ1v) is 9.01. The molecule has 0 radical (unpaired) electrons. The van der Waals surface area contributed by atoms with E-state index in [1.165, 1.54) is 32.6 Å². The number of aromatic nitrogens is 3. The Bertz CT molecular complexity index is 822. The van der Waals surface area contributed by atoms with Gasteiger partial charge in [-0.25, -0.2) is 4.98 Å². The standard InChI is InChI=1S/C17H20N4O2S/c1-11-8-20(9-12(2)23-11)14(13-6-4-3-5-7-13)15-16(22)21-17(24-15)18-10-19-21/h3-7,10-12,14,22H,8-9H2,1-2H3/p+1/t11-,12-,14-/m0/s1. The normalized spacial score (nSPS) is 25.8. The molecule has 0 saturated carbocycles. The Morgan fingerprint density at radius 2 is 1.96 bits per heavy atom. The van der Waals surface area contributed by atoms with Crippen molar-refractivity contribution in [3.63, 3.8) is 0 Å². The second kappa shape index (κ2) is 6.16. The highest BCUT2D eigenvalue weighted by atomic mass is 32.1. The average Bonchev–Trinajstić information content (AvgIpc) is 3.12. The maximum absolute atomic E-state index is 10.7. The number of ether oxygens (including phenoxy) is 1. The van der Waals surface area contributed by atoms with Gasteiger partial charge in [0.05, 0.1) is 0 Å². The van der Waals surface area contributed by atoms with E-state index in [0.717, 1.165) is 22.9 Å². The Hall–Kier alpha value is -1.96. The molecule has 0 unspecified atom stereocenters. The van der Waals surface area contributed by atoms with Crippen molar-refractivity contribution < 1.29 is 14.7 Å². The Labute approximate surface area is 144 Å². The van der Waals surface area contributed by atoms with Crippen LogP contribution in [0.4, 0.5) is 0 Å². The van der Waals surface area contributed by atoms with E-state index in [1.54, 1.807) is 0 Å². The first-order chi connectivity index (χ1) is 11.6. The molecule has 0 amide bonds. The van der Waals surface area contributed by atoms with E-state index in [1.807, 2.05) is 18.2 Å². The third-order valence-electron chi connectivity index (χ3n) is 4.51. The van der Waals surface area contributed by atoms with Gasteiger partial charge >= 0.3 is 0 Å². The Balaban J connectivity index is 1.81.